The number of alkyl halides is 3. The molecule has 0 N–H and O–H groups in total. The Kier molecular flexibility index (Phi) is 3.77. The summed E-state index contributed by atoms with van der Waals surface area (Å²) < 4.78 is 41.3. The minimum atomic E-state index is -4.56. The number of hydrogen-bond acceptors (Lipinski definition) is 7. The average molecular weight is 430 g/mol. The summed E-state index contributed by atoms with van der Waals surface area (Å²) in [6.07, 6.45) is -3.18. The smallest absolute Gasteiger partial charge is 0.258 e. The molecule has 0 aliphatic heterocycles. The van der Waals surface area contributed by atoms with Crippen LogP contribution < -0.4 is 0 Å². The summed E-state index contributed by atoms with van der Waals surface area (Å²) in [6, 6.07) is 7.04. The SMILES string of the molecule is Cc1cc(C(F)(F)F)nc2sc3c(ncn4nc(-c5ccccc5[N+](=O)[O-])nc34)c12. The van der Waals surface area contributed by atoms with Gasteiger partial charge in [0, 0.05) is 11.5 Å². The molecule has 0 saturated carbocycles. The predicted molar refractivity (Wildman–Crippen MR) is 103 cm³/mol. The monoisotopic (exact) mass is 430 g/mol. The van der Waals surface area contributed by atoms with E-state index in [-0.39, 0.29) is 21.9 Å². The standard InChI is InChI=1S/C18H9F3N6O2S/c1-8-6-11(18(19,20)21)23-17-12(8)13-14(30-17)16-24-15(25-26(16)7-22-13)9-4-2-3-5-10(9)27(28)29/h2-7H,1H3. The quantitative estimate of drug-likeness (QED) is 0.295. The number of benzene rings is 1. The number of pyridine rings is 1. The number of aryl methyl sites for hydroxylation is 1. The van der Waals surface area contributed by atoms with E-state index >= 15 is 0 Å². The number of hydrogen-bond donors (Lipinski definition) is 0. The van der Waals surface area contributed by atoms with Crippen molar-refractivity contribution >= 4 is 43.1 Å². The summed E-state index contributed by atoms with van der Waals surface area (Å²) in [5.74, 6) is 0.120. The Hall–Kier alpha value is -3.67. The molecule has 1 aromatic carbocycles. The van der Waals surface area contributed by atoms with Gasteiger partial charge < -0.3 is 0 Å². The second kappa shape index (κ2) is 6.16. The van der Waals surface area contributed by atoms with Crippen LogP contribution in [0.15, 0.2) is 36.7 Å². The lowest BCUT2D eigenvalue weighted by atomic mass is 10.1. The molecule has 12 heteroatoms. The first-order chi connectivity index (χ1) is 14.2. The van der Waals surface area contributed by atoms with Gasteiger partial charge in [0.15, 0.2) is 11.5 Å². The van der Waals surface area contributed by atoms with E-state index in [0.29, 0.717) is 26.8 Å². The van der Waals surface area contributed by atoms with Crippen LogP contribution in [-0.2, 0) is 6.18 Å². The second-order valence-electron chi connectivity index (χ2n) is 6.50. The summed E-state index contributed by atoms with van der Waals surface area (Å²) in [6.45, 7) is 1.57. The van der Waals surface area contributed by atoms with Crippen LogP contribution in [0.1, 0.15) is 11.3 Å². The molecule has 0 spiro atoms. The van der Waals surface area contributed by atoms with Gasteiger partial charge in [0.25, 0.3) is 5.69 Å². The van der Waals surface area contributed by atoms with Crippen molar-refractivity contribution in [3.8, 4) is 11.4 Å². The van der Waals surface area contributed by atoms with E-state index in [9.17, 15) is 23.3 Å². The molecule has 0 fully saturated rings. The minimum absolute atomic E-state index is 0.120. The van der Waals surface area contributed by atoms with Crippen LogP contribution in [-0.4, -0.2) is 29.5 Å². The zero-order valence-electron chi connectivity index (χ0n) is 15.0. The summed E-state index contributed by atoms with van der Waals surface area (Å²) in [7, 11) is 0. The number of fused-ring (bicyclic) bond motifs is 5. The normalized spacial score (nSPS) is 12.3. The van der Waals surface area contributed by atoms with Crippen LogP contribution in [0.4, 0.5) is 18.9 Å². The Bertz CT molecular complexity index is 1490. The molecule has 0 amide bonds. The largest absolute Gasteiger partial charge is 0.433 e. The Balaban J connectivity index is 1.79. The van der Waals surface area contributed by atoms with Gasteiger partial charge in [-0.1, -0.05) is 12.1 Å². The lowest BCUT2D eigenvalue weighted by molar-refractivity contribution is -0.384. The number of nitrogens with zero attached hydrogens (tertiary/aromatic N) is 6. The van der Waals surface area contributed by atoms with Crippen molar-refractivity contribution in [1.82, 2.24) is 24.6 Å². The van der Waals surface area contributed by atoms with Crippen LogP contribution in [0.5, 0.6) is 0 Å². The van der Waals surface area contributed by atoms with E-state index < -0.39 is 16.8 Å². The highest BCUT2D eigenvalue weighted by molar-refractivity contribution is 7.26. The van der Waals surface area contributed by atoms with Crippen LogP contribution in [0.2, 0.25) is 0 Å². The molecule has 4 heterocycles. The molecule has 5 aromatic rings. The van der Waals surface area contributed by atoms with E-state index in [0.717, 1.165) is 17.4 Å². The Morgan fingerprint density at radius 1 is 1.20 bits per heavy atom. The van der Waals surface area contributed by atoms with E-state index in [1.165, 1.54) is 29.0 Å². The fraction of sp³-hybridized carbons (Fsp3) is 0.111. The first-order valence-electron chi connectivity index (χ1n) is 8.50. The first kappa shape index (κ1) is 18.4. The molecule has 0 saturated heterocycles. The molecule has 0 bridgehead atoms. The van der Waals surface area contributed by atoms with Crippen LogP contribution in [0.25, 0.3) is 37.5 Å². The van der Waals surface area contributed by atoms with Crippen LogP contribution in [0, 0.1) is 17.0 Å². The van der Waals surface area contributed by atoms with Crippen molar-refractivity contribution in [3.05, 3.63) is 58.0 Å². The fourth-order valence-electron chi connectivity index (χ4n) is 3.29. The molecule has 30 heavy (non-hydrogen) atoms. The van der Waals surface area contributed by atoms with Crippen molar-refractivity contribution in [2.45, 2.75) is 13.1 Å². The molecule has 0 radical (unpaired) electrons. The lowest BCUT2D eigenvalue weighted by Crippen LogP contribution is -2.07. The van der Waals surface area contributed by atoms with Crippen LogP contribution in [0.3, 0.4) is 0 Å². The van der Waals surface area contributed by atoms with Gasteiger partial charge >= 0.3 is 6.18 Å². The van der Waals surface area contributed by atoms with Gasteiger partial charge in [0.05, 0.1) is 16.0 Å². The zero-order valence-corrected chi connectivity index (χ0v) is 15.8. The third-order valence-electron chi connectivity index (χ3n) is 4.60. The molecular formula is C18H9F3N6O2S. The Labute approximate surface area is 168 Å². The lowest BCUT2D eigenvalue weighted by Gasteiger charge is -2.06. The third-order valence-corrected chi connectivity index (χ3v) is 5.67. The first-order valence-corrected chi connectivity index (χ1v) is 9.32. The summed E-state index contributed by atoms with van der Waals surface area (Å²) in [5, 5.41) is 16.1. The van der Waals surface area contributed by atoms with Gasteiger partial charge in [0.1, 0.15) is 21.6 Å². The van der Waals surface area contributed by atoms with Gasteiger partial charge in [-0.05, 0) is 24.6 Å². The molecule has 0 aliphatic carbocycles. The molecule has 150 valence electrons. The number of nitro groups is 1. The number of nitro benzene ring substituents is 1. The topological polar surface area (TPSA) is 99.1 Å². The van der Waals surface area contributed by atoms with Crippen molar-refractivity contribution in [1.29, 1.82) is 0 Å². The van der Waals surface area contributed by atoms with Crippen LogP contribution >= 0.6 is 11.3 Å². The molecule has 0 atom stereocenters. The summed E-state index contributed by atoms with van der Waals surface area (Å²) in [4.78, 5) is 23.5. The highest BCUT2D eigenvalue weighted by Crippen LogP contribution is 2.39. The van der Waals surface area contributed by atoms with Gasteiger partial charge in [-0.2, -0.15) is 13.2 Å². The zero-order chi connectivity index (χ0) is 21.2. The van der Waals surface area contributed by atoms with Gasteiger partial charge in [-0.15, -0.1) is 16.4 Å². The predicted octanol–water partition coefficient (Wildman–Crippen LogP) is 4.79. The maximum atomic E-state index is 13.1. The molecular weight excluding hydrogens is 421 g/mol. The average Bonchev–Trinajstić information content (AvgIpc) is 3.28. The van der Waals surface area contributed by atoms with Gasteiger partial charge in [-0.3, -0.25) is 10.1 Å². The van der Waals surface area contributed by atoms with Crippen molar-refractivity contribution in [3.63, 3.8) is 0 Å². The summed E-state index contributed by atoms with van der Waals surface area (Å²) in [5.41, 5.74) is 0.299. The number of rotatable bonds is 2. The maximum absolute atomic E-state index is 13.1. The van der Waals surface area contributed by atoms with Gasteiger partial charge in [0.2, 0.25) is 0 Å². The van der Waals surface area contributed by atoms with E-state index in [1.807, 2.05) is 0 Å². The molecule has 4 aromatic heterocycles. The molecule has 0 unspecified atom stereocenters. The Morgan fingerprint density at radius 3 is 2.70 bits per heavy atom. The number of thiophene rings is 1. The molecule has 8 nitrogen and oxygen atoms in total. The molecule has 0 aliphatic rings. The summed E-state index contributed by atoms with van der Waals surface area (Å²) >= 11 is 1.02. The second-order valence-corrected chi connectivity index (χ2v) is 7.50. The highest BCUT2D eigenvalue weighted by Gasteiger charge is 2.33. The van der Waals surface area contributed by atoms with Gasteiger partial charge in [-0.25, -0.2) is 19.5 Å². The highest BCUT2D eigenvalue weighted by atomic mass is 32.1. The third kappa shape index (κ3) is 2.68. The Morgan fingerprint density at radius 2 is 1.97 bits per heavy atom. The van der Waals surface area contributed by atoms with E-state index in [2.05, 4.69) is 20.1 Å². The van der Waals surface area contributed by atoms with Crippen molar-refractivity contribution < 1.29 is 18.1 Å². The molecule has 5 rings (SSSR count). The maximum Gasteiger partial charge on any atom is 0.433 e. The van der Waals surface area contributed by atoms with E-state index in [1.54, 1.807) is 13.0 Å². The van der Waals surface area contributed by atoms with Crippen molar-refractivity contribution in [2.75, 3.05) is 0 Å². The fourth-order valence-corrected chi connectivity index (χ4v) is 4.47. The number of halogens is 3. The van der Waals surface area contributed by atoms with E-state index in [4.69, 9.17) is 0 Å². The van der Waals surface area contributed by atoms with Crippen molar-refractivity contribution in [2.24, 2.45) is 0 Å². The minimum Gasteiger partial charge on any atom is -0.258 e. The number of aromatic nitrogens is 5. The number of para-hydroxylation sites is 1.